The zero-order valence-corrected chi connectivity index (χ0v) is 12.7. The largest absolute Gasteiger partial charge is 0.360 e. The van der Waals surface area contributed by atoms with Crippen molar-refractivity contribution in [2.24, 2.45) is 0 Å². The summed E-state index contributed by atoms with van der Waals surface area (Å²) in [4.78, 5) is 15.2. The van der Waals surface area contributed by atoms with Gasteiger partial charge in [0.05, 0.1) is 12.2 Å². The van der Waals surface area contributed by atoms with E-state index in [9.17, 15) is 9.18 Å². The van der Waals surface area contributed by atoms with Crippen molar-refractivity contribution >= 4 is 11.6 Å². The maximum absolute atomic E-state index is 14.2. The molecule has 0 bridgehead atoms. The molecule has 0 aliphatic carbocycles. The first-order chi connectivity index (χ1) is 9.51. The van der Waals surface area contributed by atoms with Gasteiger partial charge in [0, 0.05) is 27.2 Å². The van der Waals surface area contributed by atoms with Crippen LogP contribution in [0.1, 0.15) is 19.4 Å². The minimum absolute atomic E-state index is 0.0375. The number of nitrogens with zero attached hydrogens (tertiary/aromatic N) is 2. The van der Waals surface area contributed by atoms with Gasteiger partial charge in [-0.2, -0.15) is 0 Å². The molecule has 0 spiro atoms. The van der Waals surface area contributed by atoms with Gasteiger partial charge in [0.15, 0.2) is 0 Å². The molecule has 1 aromatic rings. The van der Waals surface area contributed by atoms with E-state index in [1.807, 2.05) is 19.9 Å². The Balaban J connectivity index is 3.03. The molecule has 20 heavy (non-hydrogen) atoms. The second kappa shape index (κ2) is 7.85. The first-order valence-electron chi connectivity index (χ1n) is 6.94. The lowest BCUT2D eigenvalue weighted by molar-refractivity contribution is -0.127. The average molecular weight is 281 g/mol. The van der Waals surface area contributed by atoms with Gasteiger partial charge in [-0.3, -0.25) is 4.79 Å². The van der Waals surface area contributed by atoms with Crippen molar-refractivity contribution in [2.75, 3.05) is 38.6 Å². The molecule has 1 N–H and O–H groups in total. The number of carbonyl (C=O) groups excluding carboxylic acids is 1. The van der Waals surface area contributed by atoms with Crippen molar-refractivity contribution < 1.29 is 9.18 Å². The summed E-state index contributed by atoms with van der Waals surface area (Å²) in [5, 5.41) is 3.20. The average Bonchev–Trinajstić information content (AvgIpc) is 2.42. The Morgan fingerprint density at radius 1 is 1.30 bits per heavy atom. The lowest BCUT2D eigenvalue weighted by Gasteiger charge is -2.27. The molecule has 0 radical (unpaired) electrons. The molecule has 1 aromatic carbocycles. The molecule has 0 saturated carbocycles. The Hall–Kier alpha value is -1.62. The number of likely N-dealkylation sites (N-methyl/N-ethyl adjacent to an activating group) is 2. The second-order valence-electron chi connectivity index (χ2n) is 4.83. The fourth-order valence-electron chi connectivity index (χ4n) is 1.97. The van der Waals surface area contributed by atoms with Gasteiger partial charge in [-0.25, -0.2) is 4.39 Å². The molecule has 0 unspecified atom stereocenters. The van der Waals surface area contributed by atoms with Crippen molar-refractivity contribution in [2.45, 2.75) is 20.4 Å². The van der Waals surface area contributed by atoms with Crippen molar-refractivity contribution in [1.82, 2.24) is 10.2 Å². The maximum atomic E-state index is 14.2. The molecular formula is C15H24FN3O. The maximum Gasteiger partial charge on any atom is 0.241 e. The van der Waals surface area contributed by atoms with E-state index in [2.05, 4.69) is 5.32 Å². The van der Waals surface area contributed by atoms with Crippen LogP contribution in [0.25, 0.3) is 0 Å². The molecule has 0 atom stereocenters. The highest BCUT2D eigenvalue weighted by Gasteiger charge is 2.18. The van der Waals surface area contributed by atoms with Crippen LogP contribution in [-0.4, -0.2) is 44.5 Å². The van der Waals surface area contributed by atoms with Crippen LogP contribution in [0.2, 0.25) is 0 Å². The summed E-state index contributed by atoms with van der Waals surface area (Å²) in [6, 6.07) is 5.03. The molecule has 4 nitrogen and oxygen atoms in total. The van der Waals surface area contributed by atoms with Crippen molar-refractivity contribution in [1.29, 1.82) is 0 Å². The van der Waals surface area contributed by atoms with Crippen molar-refractivity contribution in [3.05, 3.63) is 29.6 Å². The van der Waals surface area contributed by atoms with Crippen molar-refractivity contribution in [3.63, 3.8) is 0 Å². The summed E-state index contributed by atoms with van der Waals surface area (Å²) in [6.07, 6.45) is 0. The van der Waals surface area contributed by atoms with Gasteiger partial charge < -0.3 is 15.1 Å². The van der Waals surface area contributed by atoms with E-state index in [1.165, 1.54) is 11.0 Å². The van der Waals surface area contributed by atoms with Crippen LogP contribution < -0.4 is 10.2 Å². The van der Waals surface area contributed by atoms with Crippen LogP contribution >= 0.6 is 0 Å². The number of halogens is 1. The predicted molar refractivity (Wildman–Crippen MR) is 80.4 cm³/mol. The lowest BCUT2D eigenvalue weighted by Crippen LogP contribution is -2.37. The molecule has 0 aliphatic rings. The van der Waals surface area contributed by atoms with Gasteiger partial charge in [-0.15, -0.1) is 0 Å². The van der Waals surface area contributed by atoms with Gasteiger partial charge >= 0.3 is 0 Å². The molecule has 0 saturated heterocycles. The molecule has 0 heterocycles. The number of hydrogen-bond donors (Lipinski definition) is 1. The number of carbonyl (C=O) groups is 1. The SMILES string of the molecule is CCNCc1cccc(F)c1N(CC)CC(=O)N(C)C. The minimum Gasteiger partial charge on any atom is -0.360 e. The second-order valence-corrected chi connectivity index (χ2v) is 4.83. The summed E-state index contributed by atoms with van der Waals surface area (Å²) in [5.74, 6) is -0.321. The highest BCUT2D eigenvalue weighted by Crippen LogP contribution is 2.24. The summed E-state index contributed by atoms with van der Waals surface area (Å²) < 4.78 is 14.2. The number of nitrogens with one attached hydrogen (secondary N) is 1. The van der Waals surface area contributed by atoms with Crippen LogP contribution in [0.3, 0.4) is 0 Å². The van der Waals surface area contributed by atoms with Gasteiger partial charge in [-0.05, 0) is 25.1 Å². The quantitative estimate of drug-likeness (QED) is 0.828. The fraction of sp³-hybridized carbons (Fsp3) is 0.533. The first-order valence-corrected chi connectivity index (χ1v) is 6.94. The molecule has 5 heteroatoms. The zero-order valence-electron chi connectivity index (χ0n) is 12.7. The predicted octanol–water partition coefficient (Wildman–Crippen LogP) is 1.85. The van der Waals surface area contributed by atoms with Gasteiger partial charge in [0.25, 0.3) is 0 Å². The number of amides is 1. The number of hydrogen-bond acceptors (Lipinski definition) is 3. The smallest absolute Gasteiger partial charge is 0.241 e. The standard InChI is InChI=1S/C15H24FN3O/c1-5-17-10-12-8-7-9-13(16)15(12)19(6-2)11-14(20)18(3)4/h7-9,17H,5-6,10-11H2,1-4H3. The van der Waals surface area contributed by atoms with E-state index < -0.39 is 0 Å². The van der Waals surface area contributed by atoms with E-state index in [4.69, 9.17) is 0 Å². The zero-order chi connectivity index (χ0) is 15.1. The van der Waals surface area contributed by atoms with Gasteiger partial charge in [0.2, 0.25) is 5.91 Å². The number of para-hydroxylation sites is 1. The molecule has 1 amide bonds. The summed E-state index contributed by atoms with van der Waals surface area (Å²) in [7, 11) is 3.41. The van der Waals surface area contributed by atoms with E-state index in [-0.39, 0.29) is 18.3 Å². The highest BCUT2D eigenvalue weighted by atomic mass is 19.1. The number of rotatable bonds is 7. The van der Waals surface area contributed by atoms with Gasteiger partial charge in [-0.1, -0.05) is 19.1 Å². The summed E-state index contributed by atoms with van der Waals surface area (Å²) >= 11 is 0. The van der Waals surface area contributed by atoms with E-state index in [0.717, 1.165) is 12.1 Å². The van der Waals surface area contributed by atoms with E-state index in [1.54, 1.807) is 25.1 Å². The normalized spacial score (nSPS) is 10.4. The first kappa shape index (κ1) is 16.4. The summed E-state index contributed by atoms with van der Waals surface area (Å²) in [6.45, 7) is 6.11. The minimum atomic E-state index is -0.284. The van der Waals surface area contributed by atoms with Crippen LogP contribution in [0, 0.1) is 5.82 Å². The molecular weight excluding hydrogens is 257 g/mol. The van der Waals surface area contributed by atoms with Crippen LogP contribution in [0.5, 0.6) is 0 Å². The fourth-order valence-corrected chi connectivity index (χ4v) is 1.97. The highest BCUT2D eigenvalue weighted by molar-refractivity contribution is 5.81. The lowest BCUT2D eigenvalue weighted by atomic mass is 10.1. The molecule has 112 valence electrons. The molecule has 0 fully saturated rings. The third-order valence-corrected chi connectivity index (χ3v) is 3.16. The van der Waals surface area contributed by atoms with Crippen LogP contribution in [0.15, 0.2) is 18.2 Å². The third kappa shape index (κ3) is 4.20. The molecule has 1 rings (SSSR count). The number of benzene rings is 1. The van der Waals surface area contributed by atoms with E-state index in [0.29, 0.717) is 18.8 Å². The Kier molecular flexibility index (Phi) is 6.45. The summed E-state index contributed by atoms with van der Waals surface area (Å²) in [5.41, 5.74) is 1.39. The van der Waals surface area contributed by atoms with Gasteiger partial charge in [0.1, 0.15) is 5.82 Å². The Bertz CT molecular complexity index is 449. The Morgan fingerprint density at radius 2 is 2.00 bits per heavy atom. The van der Waals surface area contributed by atoms with Crippen LogP contribution in [0.4, 0.5) is 10.1 Å². The Morgan fingerprint density at radius 3 is 2.55 bits per heavy atom. The van der Waals surface area contributed by atoms with E-state index >= 15 is 0 Å². The number of anilines is 1. The topological polar surface area (TPSA) is 35.6 Å². The van der Waals surface area contributed by atoms with Crippen LogP contribution in [-0.2, 0) is 11.3 Å². The molecule has 0 aromatic heterocycles. The third-order valence-electron chi connectivity index (χ3n) is 3.16. The Labute approximate surface area is 120 Å². The van der Waals surface area contributed by atoms with Crippen molar-refractivity contribution in [3.8, 4) is 0 Å². The molecule has 0 aliphatic heterocycles. The monoisotopic (exact) mass is 281 g/mol.